The van der Waals surface area contributed by atoms with Gasteiger partial charge in [0.05, 0.1) is 7.11 Å². The molecule has 1 aromatic rings. The Morgan fingerprint density at radius 2 is 2.21 bits per heavy atom. The van der Waals surface area contributed by atoms with Crippen LogP contribution in [0.25, 0.3) is 0 Å². The predicted octanol–water partition coefficient (Wildman–Crippen LogP) is 3.36. The standard InChI is InChI=1S/C17H25NO/c1-13-6-7-15-12-18-9-8-17(15,11-13)14-4-3-5-16(10-14)19-2/h3-5,10,13,15,18H,6-9,11-12H2,1-2H3. The van der Waals surface area contributed by atoms with Crippen molar-refractivity contribution in [1.82, 2.24) is 5.32 Å². The summed E-state index contributed by atoms with van der Waals surface area (Å²) >= 11 is 0. The summed E-state index contributed by atoms with van der Waals surface area (Å²) < 4.78 is 5.43. The third-order valence-corrected chi connectivity index (χ3v) is 5.29. The molecule has 1 N–H and O–H groups in total. The lowest BCUT2D eigenvalue weighted by Gasteiger charge is -2.50. The molecule has 1 aliphatic heterocycles. The molecule has 0 bridgehead atoms. The highest BCUT2D eigenvalue weighted by atomic mass is 16.5. The van der Waals surface area contributed by atoms with Gasteiger partial charge in [-0.05, 0) is 61.9 Å². The van der Waals surface area contributed by atoms with E-state index in [1.807, 2.05) is 0 Å². The van der Waals surface area contributed by atoms with E-state index in [2.05, 4.69) is 36.5 Å². The summed E-state index contributed by atoms with van der Waals surface area (Å²) in [6.07, 6.45) is 5.37. The molecule has 1 heterocycles. The van der Waals surface area contributed by atoms with Gasteiger partial charge in [0, 0.05) is 5.41 Å². The number of fused-ring (bicyclic) bond motifs is 1. The lowest BCUT2D eigenvalue weighted by atomic mass is 9.57. The molecule has 0 spiro atoms. The summed E-state index contributed by atoms with van der Waals surface area (Å²) in [5, 5.41) is 3.59. The summed E-state index contributed by atoms with van der Waals surface area (Å²) in [6, 6.07) is 8.80. The highest BCUT2D eigenvalue weighted by Crippen LogP contribution is 2.49. The molecule has 2 aliphatic rings. The first-order chi connectivity index (χ1) is 9.24. The molecule has 2 fully saturated rings. The van der Waals surface area contributed by atoms with Gasteiger partial charge in [-0.3, -0.25) is 0 Å². The SMILES string of the molecule is COc1cccc(C23CCNCC2CCC(C)C3)c1. The van der Waals surface area contributed by atoms with Crippen LogP contribution in [0.4, 0.5) is 0 Å². The fourth-order valence-corrected chi connectivity index (χ4v) is 4.27. The Labute approximate surface area is 116 Å². The Morgan fingerprint density at radius 3 is 3.05 bits per heavy atom. The molecule has 0 amide bonds. The van der Waals surface area contributed by atoms with Gasteiger partial charge < -0.3 is 10.1 Å². The topological polar surface area (TPSA) is 21.3 Å². The fraction of sp³-hybridized carbons (Fsp3) is 0.647. The van der Waals surface area contributed by atoms with Crippen LogP contribution in [0.1, 0.15) is 38.2 Å². The summed E-state index contributed by atoms with van der Waals surface area (Å²) in [5.74, 6) is 2.65. The van der Waals surface area contributed by atoms with Crippen molar-refractivity contribution in [1.29, 1.82) is 0 Å². The number of benzene rings is 1. The molecule has 19 heavy (non-hydrogen) atoms. The van der Waals surface area contributed by atoms with Crippen molar-refractivity contribution in [2.45, 2.75) is 38.0 Å². The second-order valence-electron chi connectivity index (χ2n) is 6.43. The van der Waals surface area contributed by atoms with Gasteiger partial charge >= 0.3 is 0 Å². The Balaban J connectivity index is 2.00. The molecule has 1 saturated heterocycles. The lowest BCUT2D eigenvalue weighted by Crippen LogP contribution is -2.51. The second-order valence-corrected chi connectivity index (χ2v) is 6.43. The van der Waals surface area contributed by atoms with Gasteiger partial charge in [0.2, 0.25) is 0 Å². The van der Waals surface area contributed by atoms with Crippen LogP contribution >= 0.6 is 0 Å². The Kier molecular flexibility index (Phi) is 3.53. The minimum atomic E-state index is 0.386. The second kappa shape index (κ2) is 5.16. The van der Waals surface area contributed by atoms with Gasteiger partial charge in [0.1, 0.15) is 5.75 Å². The van der Waals surface area contributed by atoms with Gasteiger partial charge in [0.15, 0.2) is 0 Å². The number of methoxy groups -OCH3 is 1. The van der Waals surface area contributed by atoms with Crippen LogP contribution < -0.4 is 10.1 Å². The van der Waals surface area contributed by atoms with E-state index in [9.17, 15) is 0 Å². The first kappa shape index (κ1) is 13.0. The van der Waals surface area contributed by atoms with Crippen LogP contribution in [0.3, 0.4) is 0 Å². The minimum Gasteiger partial charge on any atom is -0.497 e. The maximum Gasteiger partial charge on any atom is 0.119 e. The van der Waals surface area contributed by atoms with Crippen LogP contribution in [0.15, 0.2) is 24.3 Å². The van der Waals surface area contributed by atoms with Crippen molar-refractivity contribution >= 4 is 0 Å². The first-order valence-corrected chi connectivity index (χ1v) is 7.60. The van der Waals surface area contributed by atoms with E-state index >= 15 is 0 Å². The van der Waals surface area contributed by atoms with Crippen LogP contribution in [-0.2, 0) is 5.41 Å². The van der Waals surface area contributed by atoms with E-state index in [4.69, 9.17) is 4.74 Å². The van der Waals surface area contributed by atoms with Crippen molar-refractivity contribution in [2.75, 3.05) is 20.2 Å². The van der Waals surface area contributed by atoms with E-state index in [1.54, 1.807) is 7.11 Å². The smallest absolute Gasteiger partial charge is 0.119 e. The van der Waals surface area contributed by atoms with Crippen LogP contribution in [-0.4, -0.2) is 20.2 Å². The Hall–Kier alpha value is -1.02. The molecule has 0 radical (unpaired) electrons. The van der Waals surface area contributed by atoms with Crippen LogP contribution in [0.2, 0.25) is 0 Å². The van der Waals surface area contributed by atoms with E-state index in [1.165, 1.54) is 37.8 Å². The fourth-order valence-electron chi connectivity index (χ4n) is 4.27. The molecule has 3 atom stereocenters. The van der Waals surface area contributed by atoms with Crippen molar-refractivity contribution in [3.8, 4) is 5.75 Å². The predicted molar refractivity (Wildman–Crippen MR) is 78.7 cm³/mol. The highest BCUT2D eigenvalue weighted by molar-refractivity contribution is 5.36. The number of nitrogens with one attached hydrogen (secondary N) is 1. The molecule has 2 nitrogen and oxygen atoms in total. The van der Waals surface area contributed by atoms with E-state index in [0.29, 0.717) is 5.41 Å². The molecular weight excluding hydrogens is 234 g/mol. The van der Waals surface area contributed by atoms with Gasteiger partial charge in [-0.2, -0.15) is 0 Å². The third-order valence-electron chi connectivity index (χ3n) is 5.29. The van der Waals surface area contributed by atoms with Gasteiger partial charge in [-0.15, -0.1) is 0 Å². The molecule has 3 unspecified atom stereocenters. The lowest BCUT2D eigenvalue weighted by molar-refractivity contribution is 0.106. The molecule has 1 saturated carbocycles. The Morgan fingerprint density at radius 1 is 1.32 bits per heavy atom. The summed E-state index contributed by atoms with van der Waals surface area (Å²) in [5.41, 5.74) is 1.89. The van der Waals surface area contributed by atoms with Crippen LogP contribution in [0, 0.1) is 11.8 Å². The molecule has 0 aromatic heterocycles. The average molecular weight is 259 g/mol. The van der Waals surface area contributed by atoms with Gasteiger partial charge in [0.25, 0.3) is 0 Å². The number of piperidine rings is 1. The van der Waals surface area contributed by atoms with Crippen molar-refractivity contribution < 1.29 is 4.74 Å². The summed E-state index contributed by atoms with van der Waals surface area (Å²) in [4.78, 5) is 0. The largest absolute Gasteiger partial charge is 0.497 e. The quantitative estimate of drug-likeness (QED) is 0.879. The van der Waals surface area contributed by atoms with E-state index in [-0.39, 0.29) is 0 Å². The van der Waals surface area contributed by atoms with Crippen LogP contribution in [0.5, 0.6) is 5.75 Å². The number of rotatable bonds is 2. The average Bonchev–Trinajstić information content (AvgIpc) is 2.47. The maximum atomic E-state index is 5.43. The maximum absolute atomic E-state index is 5.43. The van der Waals surface area contributed by atoms with E-state index < -0.39 is 0 Å². The van der Waals surface area contributed by atoms with Gasteiger partial charge in [-0.1, -0.05) is 25.5 Å². The molecule has 104 valence electrons. The zero-order valence-corrected chi connectivity index (χ0v) is 12.1. The molecule has 2 heteroatoms. The van der Waals surface area contributed by atoms with Gasteiger partial charge in [-0.25, -0.2) is 0 Å². The first-order valence-electron chi connectivity index (χ1n) is 7.60. The number of hydrogen-bond donors (Lipinski definition) is 1. The molecule has 3 rings (SSSR count). The minimum absolute atomic E-state index is 0.386. The monoisotopic (exact) mass is 259 g/mol. The number of ether oxygens (including phenoxy) is 1. The summed E-state index contributed by atoms with van der Waals surface area (Å²) in [6.45, 7) is 4.75. The number of hydrogen-bond acceptors (Lipinski definition) is 2. The van der Waals surface area contributed by atoms with E-state index in [0.717, 1.165) is 24.1 Å². The highest BCUT2D eigenvalue weighted by Gasteiger charge is 2.45. The molecule has 1 aromatic carbocycles. The normalized spacial score (nSPS) is 34.6. The zero-order chi connectivity index (χ0) is 13.3. The Bertz CT molecular complexity index is 445. The molecular formula is C17H25NO. The van der Waals surface area contributed by atoms with Crippen molar-refractivity contribution in [2.24, 2.45) is 11.8 Å². The summed E-state index contributed by atoms with van der Waals surface area (Å²) in [7, 11) is 1.76. The van der Waals surface area contributed by atoms with Crippen molar-refractivity contribution in [3.05, 3.63) is 29.8 Å². The zero-order valence-electron chi connectivity index (χ0n) is 12.1. The third kappa shape index (κ3) is 2.27. The molecule has 1 aliphatic carbocycles. The van der Waals surface area contributed by atoms with Crippen molar-refractivity contribution in [3.63, 3.8) is 0 Å².